The molecule has 1 aliphatic heterocycles. The Morgan fingerprint density at radius 3 is 2.57 bits per heavy atom. The van der Waals surface area contributed by atoms with Crippen molar-refractivity contribution in [3.63, 3.8) is 0 Å². The van der Waals surface area contributed by atoms with Crippen LogP contribution in [0.5, 0.6) is 0 Å². The molecule has 3 heterocycles. The first-order chi connectivity index (χ1) is 11.1. The molecule has 0 bridgehead atoms. The van der Waals surface area contributed by atoms with Gasteiger partial charge in [0.2, 0.25) is 5.95 Å². The van der Waals surface area contributed by atoms with Gasteiger partial charge in [0.05, 0.1) is 18.1 Å². The van der Waals surface area contributed by atoms with Gasteiger partial charge in [-0.25, -0.2) is 14.8 Å². The van der Waals surface area contributed by atoms with Crippen molar-refractivity contribution < 1.29 is 4.79 Å². The van der Waals surface area contributed by atoms with E-state index in [4.69, 9.17) is 0 Å². The van der Waals surface area contributed by atoms with E-state index >= 15 is 0 Å². The van der Waals surface area contributed by atoms with E-state index in [-0.39, 0.29) is 6.03 Å². The van der Waals surface area contributed by atoms with Gasteiger partial charge in [-0.05, 0) is 41.1 Å². The Hall–Kier alpha value is -2.15. The molecule has 1 aliphatic rings. The SMILES string of the molecule is CN(C)c1ncc(NC(=O)N2CCC(c3ccsc3)CC2)cn1. The van der Waals surface area contributed by atoms with E-state index in [1.165, 1.54) is 5.56 Å². The molecule has 0 unspecified atom stereocenters. The summed E-state index contributed by atoms with van der Waals surface area (Å²) in [4.78, 5) is 24.4. The highest BCUT2D eigenvalue weighted by atomic mass is 32.1. The molecule has 122 valence electrons. The molecular weight excluding hydrogens is 310 g/mol. The van der Waals surface area contributed by atoms with Crippen LogP contribution in [-0.2, 0) is 0 Å². The molecule has 1 N–H and O–H groups in total. The first-order valence-electron chi connectivity index (χ1n) is 7.71. The predicted octanol–water partition coefficient (Wildman–Crippen LogP) is 3.02. The summed E-state index contributed by atoms with van der Waals surface area (Å²) in [5, 5.41) is 7.20. The quantitative estimate of drug-likeness (QED) is 0.939. The molecule has 7 heteroatoms. The highest BCUT2D eigenvalue weighted by Gasteiger charge is 2.24. The van der Waals surface area contributed by atoms with Crippen LogP contribution in [0, 0.1) is 0 Å². The van der Waals surface area contributed by atoms with Gasteiger partial charge in [0, 0.05) is 27.2 Å². The van der Waals surface area contributed by atoms with Crippen LogP contribution in [0.2, 0.25) is 0 Å². The largest absolute Gasteiger partial charge is 0.347 e. The molecule has 1 fully saturated rings. The number of hydrogen-bond donors (Lipinski definition) is 1. The fraction of sp³-hybridized carbons (Fsp3) is 0.438. The third kappa shape index (κ3) is 3.79. The minimum absolute atomic E-state index is 0.0741. The summed E-state index contributed by atoms with van der Waals surface area (Å²) in [7, 11) is 3.76. The van der Waals surface area contributed by atoms with Crippen LogP contribution in [0.25, 0.3) is 0 Å². The number of rotatable bonds is 3. The van der Waals surface area contributed by atoms with E-state index in [2.05, 4.69) is 32.1 Å². The maximum Gasteiger partial charge on any atom is 0.321 e. The zero-order valence-electron chi connectivity index (χ0n) is 13.4. The Morgan fingerprint density at radius 1 is 1.30 bits per heavy atom. The average Bonchev–Trinajstić information content (AvgIpc) is 3.10. The standard InChI is InChI=1S/C16H21N5OS/c1-20(2)15-17-9-14(10-18-15)19-16(22)21-6-3-12(4-7-21)13-5-8-23-11-13/h5,8-12H,3-4,6-7H2,1-2H3,(H,19,22). The second kappa shape index (κ2) is 6.95. The maximum atomic E-state index is 12.3. The first-order valence-corrected chi connectivity index (χ1v) is 8.65. The normalized spacial score (nSPS) is 15.5. The molecule has 0 aromatic carbocycles. The summed E-state index contributed by atoms with van der Waals surface area (Å²) in [5.74, 6) is 1.20. The van der Waals surface area contributed by atoms with Gasteiger partial charge in [-0.15, -0.1) is 0 Å². The molecule has 2 aromatic rings. The van der Waals surface area contributed by atoms with Crippen molar-refractivity contribution in [3.05, 3.63) is 34.8 Å². The van der Waals surface area contributed by atoms with Crippen LogP contribution in [0.15, 0.2) is 29.2 Å². The number of amides is 2. The van der Waals surface area contributed by atoms with Crippen LogP contribution in [0.1, 0.15) is 24.3 Å². The predicted molar refractivity (Wildman–Crippen MR) is 93.2 cm³/mol. The van der Waals surface area contributed by atoms with Gasteiger partial charge >= 0.3 is 6.03 Å². The second-order valence-electron chi connectivity index (χ2n) is 5.91. The second-order valence-corrected chi connectivity index (χ2v) is 6.69. The lowest BCUT2D eigenvalue weighted by Crippen LogP contribution is -2.40. The molecule has 3 rings (SSSR count). The number of carbonyl (C=O) groups excluding carboxylic acids is 1. The molecule has 0 aliphatic carbocycles. The summed E-state index contributed by atoms with van der Waals surface area (Å²) < 4.78 is 0. The molecule has 0 spiro atoms. The van der Waals surface area contributed by atoms with Gasteiger partial charge < -0.3 is 15.1 Å². The minimum atomic E-state index is -0.0741. The van der Waals surface area contributed by atoms with Crippen LogP contribution in [0.4, 0.5) is 16.4 Å². The molecular formula is C16H21N5OS. The Morgan fingerprint density at radius 2 is 2.00 bits per heavy atom. The number of urea groups is 1. The van der Waals surface area contributed by atoms with Crippen molar-refractivity contribution >= 4 is 29.0 Å². The number of likely N-dealkylation sites (tertiary alicyclic amines) is 1. The number of nitrogens with zero attached hydrogens (tertiary/aromatic N) is 4. The third-order valence-electron chi connectivity index (χ3n) is 4.09. The van der Waals surface area contributed by atoms with Crippen molar-refractivity contribution in [2.75, 3.05) is 37.4 Å². The van der Waals surface area contributed by atoms with E-state index < -0.39 is 0 Å². The fourth-order valence-electron chi connectivity index (χ4n) is 2.74. The highest BCUT2D eigenvalue weighted by Crippen LogP contribution is 2.29. The van der Waals surface area contributed by atoms with Crippen molar-refractivity contribution in [2.24, 2.45) is 0 Å². The number of hydrogen-bond acceptors (Lipinski definition) is 5. The Bertz CT molecular complexity index is 633. The topological polar surface area (TPSA) is 61.4 Å². The summed E-state index contributed by atoms with van der Waals surface area (Å²) in [5.41, 5.74) is 2.03. The lowest BCUT2D eigenvalue weighted by atomic mass is 9.91. The van der Waals surface area contributed by atoms with Crippen molar-refractivity contribution in [3.8, 4) is 0 Å². The minimum Gasteiger partial charge on any atom is -0.347 e. The number of aromatic nitrogens is 2. The lowest BCUT2D eigenvalue weighted by Gasteiger charge is -2.31. The number of nitrogens with one attached hydrogen (secondary N) is 1. The van der Waals surface area contributed by atoms with E-state index in [9.17, 15) is 4.79 Å². The fourth-order valence-corrected chi connectivity index (χ4v) is 3.48. The van der Waals surface area contributed by atoms with Gasteiger partial charge in [0.1, 0.15) is 0 Å². The van der Waals surface area contributed by atoms with Gasteiger partial charge in [-0.3, -0.25) is 0 Å². The van der Waals surface area contributed by atoms with Crippen molar-refractivity contribution in [1.82, 2.24) is 14.9 Å². The Balaban J connectivity index is 1.53. The van der Waals surface area contributed by atoms with Crippen molar-refractivity contribution in [1.29, 1.82) is 0 Å². The van der Waals surface area contributed by atoms with Gasteiger partial charge in [0.15, 0.2) is 0 Å². The summed E-state index contributed by atoms with van der Waals surface area (Å²) in [6, 6.07) is 2.12. The summed E-state index contributed by atoms with van der Waals surface area (Å²) in [6.07, 6.45) is 5.30. The monoisotopic (exact) mass is 331 g/mol. The molecule has 0 radical (unpaired) electrons. The molecule has 2 aromatic heterocycles. The van der Waals surface area contributed by atoms with Gasteiger partial charge in [-0.1, -0.05) is 0 Å². The van der Waals surface area contributed by atoms with Gasteiger partial charge in [-0.2, -0.15) is 11.3 Å². The molecule has 1 saturated heterocycles. The van der Waals surface area contributed by atoms with Crippen LogP contribution >= 0.6 is 11.3 Å². The van der Waals surface area contributed by atoms with Gasteiger partial charge in [0.25, 0.3) is 0 Å². The summed E-state index contributed by atoms with van der Waals surface area (Å²) in [6.45, 7) is 1.56. The zero-order valence-corrected chi connectivity index (χ0v) is 14.2. The zero-order chi connectivity index (χ0) is 16.2. The molecule has 23 heavy (non-hydrogen) atoms. The number of thiophene rings is 1. The van der Waals surface area contributed by atoms with E-state index in [1.807, 2.05) is 23.9 Å². The Kier molecular flexibility index (Phi) is 4.76. The number of carbonyl (C=O) groups is 1. The molecule has 2 amide bonds. The average molecular weight is 331 g/mol. The highest BCUT2D eigenvalue weighted by molar-refractivity contribution is 7.07. The van der Waals surface area contributed by atoms with Crippen LogP contribution in [0.3, 0.4) is 0 Å². The Labute approximate surface area is 140 Å². The third-order valence-corrected chi connectivity index (χ3v) is 4.79. The number of anilines is 2. The summed E-state index contributed by atoms with van der Waals surface area (Å²) >= 11 is 1.73. The van der Waals surface area contributed by atoms with E-state index in [1.54, 1.807) is 23.7 Å². The lowest BCUT2D eigenvalue weighted by molar-refractivity contribution is 0.194. The molecule has 0 saturated carbocycles. The van der Waals surface area contributed by atoms with Crippen LogP contribution in [-0.4, -0.2) is 48.1 Å². The maximum absolute atomic E-state index is 12.3. The molecule has 0 atom stereocenters. The smallest absolute Gasteiger partial charge is 0.321 e. The molecule has 6 nitrogen and oxygen atoms in total. The number of piperidine rings is 1. The van der Waals surface area contributed by atoms with E-state index in [0.717, 1.165) is 25.9 Å². The van der Waals surface area contributed by atoms with Crippen LogP contribution < -0.4 is 10.2 Å². The van der Waals surface area contributed by atoms with E-state index in [0.29, 0.717) is 17.6 Å². The first kappa shape index (κ1) is 15.7. The van der Waals surface area contributed by atoms with Crippen molar-refractivity contribution in [2.45, 2.75) is 18.8 Å².